The first kappa shape index (κ1) is 20.3. The van der Waals surface area contributed by atoms with Gasteiger partial charge in [0.2, 0.25) is 0 Å². The first-order valence-electron chi connectivity index (χ1n) is 11.7. The Labute approximate surface area is 206 Å². The highest BCUT2D eigenvalue weighted by Crippen LogP contribution is 2.41. The average Bonchev–Trinajstić information content (AvgIpc) is 3.44. The summed E-state index contributed by atoms with van der Waals surface area (Å²) in [5.74, 6) is 4.28. The van der Waals surface area contributed by atoms with Crippen molar-refractivity contribution in [1.82, 2.24) is 4.57 Å². The van der Waals surface area contributed by atoms with Crippen molar-refractivity contribution < 1.29 is 4.42 Å². The van der Waals surface area contributed by atoms with Gasteiger partial charge in [-0.25, -0.2) is 0 Å². The Balaban J connectivity index is 1.57. The zero-order valence-corrected chi connectivity index (χ0v) is 20.2. The monoisotopic (exact) mass is 469 g/mol. The number of nitrogens with zero attached hydrogens (tertiary/aromatic N) is 1. The summed E-state index contributed by atoms with van der Waals surface area (Å²) in [5.41, 5.74) is 7.71. The number of fused-ring (bicyclic) bond motifs is 6. The molecule has 0 aliphatic heterocycles. The fourth-order valence-corrected chi connectivity index (χ4v) is 6.05. The molecular formula is C32H23NOS. The van der Waals surface area contributed by atoms with Crippen LogP contribution in [-0.2, 0) is 0 Å². The molecular weight excluding hydrogens is 446 g/mol. The van der Waals surface area contributed by atoms with Crippen molar-refractivity contribution in [2.75, 3.05) is 6.26 Å². The molecule has 2 nitrogen and oxygen atoms in total. The third-order valence-corrected chi connectivity index (χ3v) is 7.94. The highest BCUT2D eigenvalue weighted by molar-refractivity contribution is 8.13. The molecule has 0 bridgehead atoms. The van der Waals surface area contributed by atoms with E-state index in [2.05, 4.69) is 126 Å². The molecule has 2 aromatic heterocycles. The van der Waals surface area contributed by atoms with E-state index in [0.717, 1.165) is 27.6 Å². The number of benzene rings is 5. The lowest BCUT2D eigenvalue weighted by molar-refractivity contribution is 0.658. The fourth-order valence-electron chi connectivity index (χ4n) is 5.27. The molecule has 1 atom stereocenters. The average molecular weight is 470 g/mol. The molecule has 3 heteroatoms. The van der Waals surface area contributed by atoms with Gasteiger partial charge in [0.15, 0.2) is 5.58 Å². The Morgan fingerprint density at radius 2 is 1.29 bits per heavy atom. The van der Waals surface area contributed by atoms with Crippen molar-refractivity contribution in [3.63, 3.8) is 0 Å². The lowest BCUT2D eigenvalue weighted by Gasteiger charge is -2.09. The molecule has 2 heterocycles. The van der Waals surface area contributed by atoms with Crippen LogP contribution in [0.5, 0.6) is 0 Å². The van der Waals surface area contributed by atoms with Crippen LogP contribution in [0, 0.1) is 0 Å². The van der Waals surface area contributed by atoms with E-state index in [9.17, 15) is 0 Å². The van der Waals surface area contributed by atoms with Gasteiger partial charge in [-0.1, -0.05) is 84.7 Å². The van der Waals surface area contributed by atoms with Crippen LogP contribution < -0.4 is 0 Å². The number of hydrogen-bond acceptors (Lipinski definition) is 1. The van der Waals surface area contributed by atoms with Crippen molar-refractivity contribution >= 4 is 60.1 Å². The zero-order valence-electron chi connectivity index (χ0n) is 19.4. The van der Waals surface area contributed by atoms with Crippen LogP contribution in [0.3, 0.4) is 0 Å². The minimum Gasteiger partial charge on any atom is -0.453 e. The van der Waals surface area contributed by atoms with Crippen molar-refractivity contribution in [2.45, 2.75) is 4.90 Å². The molecule has 7 rings (SSSR count). The van der Waals surface area contributed by atoms with Crippen LogP contribution in [0.15, 0.2) is 119 Å². The summed E-state index contributed by atoms with van der Waals surface area (Å²) < 4.78 is 8.98. The van der Waals surface area contributed by atoms with Crippen LogP contribution in [0.25, 0.3) is 60.6 Å². The van der Waals surface area contributed by atoms with E-state index in [1.807, 2.05) is 0 Å². The lowest BCUT2D eigenvalue weighted by atomic mass is 10.0. The molecule has 0 amide bonds. The summed E-state index contributed by atoms with van der Waals surface area (Å²) in [7, 11) is -0.140. The van der Waals surface area contributed by atoms with E-state index in [1.54, 1.807) is 0 Å². The molecule has 168 valence electrons. The van der Waals surface area contributed by atoms with Gasteiger partial charge in [-0.3, -0.25) is 0 Å². The molecule has 0 fully saturated rings. The Kier molecular flexibility index (Phi) is 4.48. The topological polar surface area (TPSA) is 18.1 Å². The third kappa shape index (κ3) is 3.02. The SMILES string of the molecule is C=S(C)c1cccc2c1oc1c(-n3c4ccccc4c4cc(-c5ccccc5)ccc43)cccc12. The largest absolute Gasteiger partial charge is 0.453 e. The minimum atomic E-state index is -0.140. The maximum absolute atomic E-state index is 6.64. The number of para-hydroxylation sites is 3. The molecule has 7 aromatic rings. The van der Waals surface area contributed by atoms with Crippen molar-refractivity contribution in [3.8, 4) is 16.8 Å². The predicted octanol–water partition coefficient (Wildman–Crippen LogP) is 9.04. The van der Waals surface area contributed by atoms with Crippen molar-refractivity contribution in [2.24, 2.45) is 0 Å². The minimum absolute atomic E-state index is 0.140. The molecule has 1 unspecified atom stereocenters. The van der Waals surface area contributed by atoms with Gasteiger partial charge in [-0.15, -0.1) is 0 Å². The molecule has 0 spiro atoms. The second-order valence-electron chi connectivity index (χ2n) is 8.98. The number of furan rings is 1. The molecule has 0 saturated heterocycles. The van der Waals surface area contributed by atoms with E-state index in [-0.39, 0.29) is 10.5 Å². The van der Waals surface area contributed by atoms with Crippen molar-refractivity contribution in [3.05, 3.63) is 109 Å². The summed E-state index contributed by atoms with van der Waals surface area (Å²) in [6, 6.07) is 38.8. The highest BCUT2D eigenvalue weighted by atomic mass is 32.2. The quantitative estimate of drug-likeness (QED) is 0.236. The summed E-state index contributed by atoms with van der Waals surface area (Å²) in [6.45, 7) is 0. The first-order chi connectivity index (χ1) is 17.2. The van der Waals surface area contributed by atoms with Crippen LogP contribution in [0.1, 0.15) is 0 Å². The lowest BCUT2D eigenvalue weighted by Crippen LogP contribution is -1.94. The normalized spacial score (nSPS) is 12.7. The Morgan fingerprint density at radius 3 is 2.11 bits per heavy atom. The number of aromatic nitrogens is 1. The molecule has 5 aromatic carbocycles. The summed E-state index contributed by atoms with van der Waals surface area (Å²) in [5, 5.41) is 4.76. The van der Waals surface area contributed by atoms with Gasteiger partial charge < -0.3 is 8.98 Å². The summed E-state index contributed by atoms with van der Waals surface area (Å²) >= 11 is 0. The molecule has 0 aliphatic rings. The van der Waals surface area contributed by atoms with Gasteiger partial charge in [0.25, 0.3) is 0 Å². The molecule has 0 saturated carbocycles. The Bertz CT molecular complexity index is 1920. The maximum atomic E-state index is 6.64. The number of rotatable bonds is 3. The van der Waals surface area contributed by atoms with Gasteiger partial charge in [0.05, 0.1) is 16.7 Å². The molecule has 0 radical (unpaired) electrons. The van der Waals surface area contributed by atoms with Gasteiger partial charge in [0, 0.05) is 26.4 Å². The van der Waals surface area contributed by atoms with E-state index >= 15 is 0 Å². The zero-order chi connectivity index (χ0) is 23.5. The first-order valence-corrected chi connectivity index (χ1v) is 13.5. The van der Waals surface area contributed by atoms with E-state index in [4.69, 9.17) is 4.42 Å². The molecule has 0 N–H and O–H groups in total. The molecule has 35 heavy (non-hydrogen) atoms. The van der Waals surface area contributed by atoms with Gasteiger partial charge in [-0.2, -0.15) is 10.5 Å². The van der Waals surface area contributed by atoms with E-state index in [0.29, 0.717) is 0 Å². The third-order valence-electron chi connectivity index (χ3n) is 6.86. The summed E-state index contributed by atoms with van der Waals surface area (Å²) in [4.78, 5) is 1.17. The van der Waals surface area contributed by atoms with Crippen LogP contribution in [0.2, 0.25) is 0 Å². The predicted molar refractivity (Wildman–Crippen MR) is 152 cm³/mol. The van der Waals surface area contributed by atoms with Crippen LogP contribution in [-0.4, -0.2) is 16.7 Å². The van der Waals surface area contributed by atoms with E-state index in [1.165, 1.54) is 37.8 Å². The highest BCUT2D eigenvalue weighted by Gasteiger charge is 2.19. The Morgan fingerprint density at radius 1 is 0.600 bits per heavy atom. The Hall–Kier alpha value is -4.08. The standard InChI is InChI=1S/C32H23NOS/c1-35(2)30-17-9-14-25-24-13-8-16-29(31(24)34-32(25)30)33-27-15-7-6-12-23(27)26-20-22(18-19-28(26)33)21-10-4-3-5-11-21/h3-20H,1H2,2H3. The second kappa shape index (κ2) is 7.72. The maximum Gasteiger partial charge on any atom is 0.159 e. The van der Waals surface area contributed by atoms with Crippen molar-refractivity contribution in [1.29, 1.82) is 0 Å². The second-order valence-corrected chi connectivity index (χ2v) is 10.7. The number of hydrogen-bond donors (Lipinski definition) is 0. The smallest absolute Gasteiger partial charge is 0.159 e. The van der Waals surface area contributed by atoms with Crippen LogP contribution in [0.4, 0.5) is 0 Å². The van der Waals surface area contributed by atoms with Crippen LogP contribution >= 0.6 is 10.5 Å². The van der Waals surface area contributed by atoms with Gasteiger partial charge in [-0.05, 0) is 47.7 Å². The van der Waals surface area contributed by atoms with Gasteiger partial charge in [0.1, 0.15) is 5.58 Å². The van der Waals surface area contributed by atoms with Gasteiger partial charge >= 0.3 is 0 Å². The van der Waals surface area contributed by atoms with E-state index < -0.39 is 0 Å². The fraction of sp³-hybridized carbons (Fsp3) is 0.0312. The summed E-state index contributed by atoms with van der Waals surface area (Å²) in [6.07, 6.45) is 2.14. The molecule has 0 aliphatic carbocycles.